The topological polar surface area (TPSA) is 116 Å². The van der Waals surface area contributed by atoms with Crippen molar-refractivity contribution in [2.24, 2.45) is 0 Å². The number of hydrogen-bond acceptors (Lipinski definition) is 4. The SMILES string of the molecule is CC(=O)N[C@@H](Cc1ccc(O)cc1)C(=O)Nc1ccc2c(c1)C(CCC(=O)O)c1ccccc1-2. The van der Waals surface area contributed by atoms with Gasteiger partial charge in [-0.2, -0.15) is 0 Å². The summed E-state index contributed by atoms with van der Waals surface area (Å²) in [5.41, 5.74) is 5.56. The molecule has 1 aliphatic rings. The maximum absolute atomic E-state index is 13.1. The first-order chi connectivity index (χ1) is 16.3. The molecule has 1 unspecified atom stereocenters. The second-order valence-electron chi connectivity index (χ2n) is 8.49. The fraction of sp³-hybridized carbons (Fsp3) is 0.222. The quantitative estimate of drug-likeness (QED) is 0.406. The number of fused-ring (bicyclic) bond motifs is 3. The molecule has 7 heteroatoms. The third-order valence-corrected chi connectivity index (χ3v) is 6.04. The number of rotatable bonds is 8. The number of carbonyl (C=O) groups is 3. The van der Waals surface area contributed by atoms with Gasteiger partial charge < -0.3 is 20.8 Å². The molecule has 0 fully saturated rings. The summed E-state index contributed by atoms with van der Waals surface area (Å²) in [5, 5.41) is 24.3. The van der Waals surface area contributed by atoms with Gasteiger partial charge in [0.1, 0.15) is 11.8 Å². The molecular weight excluding hydrogens is 432 g/mol. The van der Waals surface area contributed by atoms with Crippen molar-refractivity contribution in [1.82, 2.24) is 5.32 Å². The van der Waals surface area contributed by atoms with Crippen LogP contribution < -0.4 is 10.6 Å². The fourth-order valence-electron chi connectivity index (χ4n) is 4.52. The molecule has 2 amide bonds. The minimum absolute atomic E-state index is 0.0479. The van der Waals surface area contributed by atoms with Gasteiger partial charge in [0.15, 0.2) is 0 Å². The Morgan fingerprint density at radius 3 is 2.35 bits per heavy atom. The Hall–Kier alpha value is -4.13. The summed E-state index contributed by atoms with van der Waals surface area (Å²) in [6.07, 6.45) is 0.779. The summed E-state index contributed by atoms with van der Waals surface area (Å²) in [5.74, 6) is -1.47. The van der Waals surface area contributed by atoms with Gasteiger partial charge in [-0.3, -0.25) is 14.4 Å². The maximum atomic E-state index is 13.1. The smallest absolute Gasteiger partial charge is 0.303 e. The highest BCUT2D eigenvalue weighted by molar-refractivity contribution is 5.97. The zero-order valence-electron chi connectivity index (χ0n) is 18.7. The summed E-state index contributed by atoms with van der Waals surface area (Å²) < 4.78 is 0. The Morgan fingerprint density at radius 2 is 1.65 bits per heavy atom. The maximum Gasteiger partial charge on any atom is 0.303 e. The second kappa shape index (κ2) is 9.79. The monoisotopic (exact) mass is 458 g/mol. The molecule has 4 N–H and O–H groups in total. The van der Waals surface area contributed by atoms with Crippen LogP contribution in [0.1, 0.15) is 42.4 Å². The molecule has 0 spiro atoms. The van der Waals surface area contributed by atoms with E-state index in [1.54, 1.807) is 12.1 Å². The van der Waals surface area contributed by atoms with Gasteiger partial charge in [0.05, 0.1) is 0 Å². The first kappa shape index (κ1) is 23.0. The van der Waals surface area contributed by atoms with Gasteiger partial charge in [-0.1, -0.05) is 42.5 Å². The number of aliphatic carboxylic acids is 1. The van der Waals surface area contributed by atoms with Gasteiger partial charge in [0, 0.05) is 31.4 Å². The fourth-order valence-corrected chi connectivity index (χ4v) is 4.52. The predicted molar refractivity (Wildman–Crippen MR) is 129 cm³/mol. The number of benzene rings is 3. The van der Waals surface area contributed by atoms with E-state index in [2.05, 4.69) is 10.6 Å². The highest BCUT2D eigenvalue weighted by Gasteiger charge is 2.29. The number of aromatic hydroxyl groups is 1. The number of carboxylic acid groups (broad SMARTS) is 1. The second-order valence-corrected chi connectivity index (χ2v) is 8.49. The van der Waals surface area contributed by atoms with Crippen LogP contribution in [-0.2, 0) is 20.8 Å². The van der Waals surface area contributed by atoms with E-state index in [0.717, 1.165) is 27.8 Å². The van der Waals surface area contributed by atoms with E-state index in [4.69, 9.17) is 0 Å². The van der Waals surface area contributed by atoms with Gasteiger partial charge in [-0.05, 0) is 58.5 Å². The van der Waals surface area contributed by atoms with Crippen LogP contribution in [0.15, 0.2) is 66.7 Å². The first-order valence-corrected chi connectivity index (χ1v) is 11.1. The van der Waals surface area contributed by atoms with Crippen molar-refractivity contribution in [3.8, 4) is 16.9 Å². The molecule has 34 heavy (non-hydrogen) atoms. The van der Waals surface area contributed by atoms with Crippen LogP contribution in [0.5, 0.6) is 5.75 Å². The molecule has 0 saturated heterocycles. The third kappa shape index (κ3) is 5.09. The van der Waals surface area contributed by atoms with Crippen LogP contribution >= 0.6 is 0 Å². The standard InChI is InChI=1S/C27H26N2O5/c1-16(30)28-25(14-17-6-9-19(31)10-7-17)27(34)29-18-8-11-22-20-4-2-3-5-21(20)23(24(22)15-18)12-13-26(32)33/h2-11,15,23,25,31H,12-14H2,1H3,(H,28,30)(H,29,34)(H,32,33)/t23?,25-/m0/s1. The number of phenolic OH excluding ortho intramolecular Hbond substituents is 1. The van der Waals surface area contributed by atoms with E-state index in [1.165, 1.54) is 19.1 Å². The molecule has 3 aromatic rings. The lowest BCUT2D eigenvalue weighted by Crippen LogP contribution is -2.44. The largest absolute Gasteiger partial charge is 0.508 e. The van der Waals surface area contributed by atoms with Crippen LogP contribution in [0.4, 0.5) is 5.69 Å². The minimum atomic E-state index is -0.845. The van der Waals surface area contributed by atoms with E-state index < -0.39 is 12.0 Å². The van der Waals surface area contributed by atoms with Gasteiger partial charge in [-0.15, -0.1) is 0 Å². The van der Waals surface area contributed by atoms with Gasteiger partial charge in [0.25, 0.3) is 0 Å². The van der Waals surface area contributed by atoms with Crippen LogP contribution in [-0.4, -0.2) is 34.0 Å². The molecule has 174 valence electrons. The lowest BCUT2D eigenvalue weighted by atomic mass is 9.92. The van der Waals surface area contributed by atoms with E-state index >= 15 is 0 Å². The van der Waals surface area contributed by atoms with Crippen molar-refractivity contribution in [2.45, 2.75) is 38.1 Å². The number of carbonyl (C=O) groups excluding carboxylic acids is 2. The molecule has 0 heterocycles. The Labute approximate surface area is 197 Å². The van der Waals surface area contributed by atoms with Gasteiger partial charge >= 0.3 is 5.97 Å². The molecule has 0 radical (unpaired) electrons. The average molecular weight is 459 g/mol. The summed E-state index contributed by atoms with van der Waals surface area (Å²) in [6.45, 7) is 1.36. The summed E-state index contributed by atoms with van der Waals surface area (Å²) >= 11 is 0. The molecule has 4 rings (SSSR count). The molecule has 0 aromatic heterocycles. The van der Waals surface area contributed by atoms with E-state index in [1.807, 2.05) is 42.5 Å². The van der Waals surface area contributed by atoms with E-state index in [0.29, 0.717) is 12.1 Å². The number of anilines is 1. The number of hydrogen-bond donors (Lipinski definition) is 4. The molecule has 1 aliphatic carbocycles. The lowest BCUT2D eigenvalue weighted by molar-refractivity contribution is -0.137. The molecule has 7 nitrogen and oxygen atoms in total. The van der Waals surface area contributed by atoms with Gasteiger partial charge in [0.2, 0.25) is 11.8 Å². The molecule has 3 aromatic carbocycles. The van der Waals surface area contributed by atoms with Crippen molar-refractivity contribution >= 4 is 23.5 Å². The van der Waals surface area contributed by atoms with E-state index in [-0.39, 0.29) is 36.3 Å². The van der Waals surface area contributed by atoms with Gasteiger partial charge in [-0.25, -0.2) is 0 Å². The Balaban J connectivity index is 1.57. The lowest BCUT2D eigenvalue weighted by Gasteiger charge is -2.19. The summed E-state index contributed by atoms with van der Waals surface area (Å²) in [6, 6.07) is 19.3. The van der Waals surface area contributed by atoms with Crippen molar-refractivity contribution in [3.05, 3.63) is 83.4 Å². The van der Waals surface area contributed by atoms with Crippen LogP contribution in [0.3, 0.4) is 0 Å². The zero-order chi connectivity index (χ0) is 24.2. The van der Waals surface area contributed by atoms with Crippen molar-refractivity contribution in [3.63, 3.8) is 0 Å². The zero-order valence-corrected chi connectivity index (χ0v) is 18.7. The van der Waals surface area contributed by atoms with Crippen molar-refractivity contribution in [1.29, 1.82) is 0 Å². The molecule has 0 aliphatic heterocycles. The Bertz CT molecular complexity index is 1240. The Morgan fingerprint density at radius 1 is 0.941 bits per heavy atom. The van der Waals surface area contributed by atoms with Crippen molar-refractivity contribution < 1.29 is 24.6 Å². The average Bonchev–Trinajstić information content (AvgIpc) is 3.11. The Kier molecular flexibility index (Phi) is 6.63. The van der Waals surface area contributed by atoms with E-state index in [9.17, 15) is 24.6 Å². The van der Waals surface area contributed by atoms with Crippen LogP contribution in [0, 0.1) is 0 Å². The number of amides is 2. The third-order valence-electron chi connectivity index (χ3n) is 6.04. The van der Waals surface area contributed by atoms with Crippen LogP contribution in [0.25, 0.3) is 11.1 Å². The molecule has 0 saturated carbocycles. The molecular formula is C27H26N2O5. The molecule has 2 atom stereocenters. The number of carboxylic acids is 1. The summed E-state index contributed by atoms with van der Waals surface area (Å²) in [7, 11) is 0. The number of nitrogens with one attached hydrogen (secondary N) is 2. The summed E-state index contributed by atoms with van der Waals surface area (Å²) in [4.78, 5) is 36.0. The normalized spacial score (nSPS) is 14.6. The number of phenols is 1. The first-order valence-electron chi connectivity index (χ1n) is 11.1. The van der Waals surface area contributed by atoms with Crippen LogP contribution in [0.2, 0.25) is 0 Å². The highest BCUT2D eigenvalue weighted by atomic mass is 16.4. The highest BCUT2D eigenvalue weighted by Crippen LogP contribution is 2.47. The predicted octanol–water partition coefficient (Wildman–Crippen LogP) is 4.06. The minimum Gasteiger partial charge on any atom is -0.508 e. The molecule has 0 bridgehead atoms. The van der Waals surface area contributed by atoms with Crippen molar-refractivity contribution in [2.75, 3.05) is 5.32 Å².